The van der Waals surface area contributed by atoms with E-state index in [-0.39, 0.29) is 21.8 Å². The molecule has 0 aliphatic carbocycles. The molecule has 29 heavy (non-hydrogen) atoms. The Morgan fingerprint density at radius 2 is 1.93 bits per heavy atom. The van der Waals surface area contributed by atoms with Gasteiger partial charge in [0, 0.05) is 0 Å². The smallest absolute Gasteiger partial charge is 0.391 e. The van der Waals surface area contributed by atoms with Gasteiger partial charge in [0.25, 0.3) is 0 Å². The number of halogens is 5. The first-order valence-corrected chi connectivity index (χ1v) is 8.71. The Balaban J connectivity index is 2.22. The largest absolute Gasteiger partial charge is 0.433 e. The Hall–Kier alpha value is -2.43. The van der Waals surface area contributed by atoms with Crippen molar-refractivity contribution >= 4 is 11.6 Å². The van der Waals surface area contributed by atoms with Crippen LogP contribution in [-0.2, 0) is 19.3 Å². The highest BCUT2D eigenvalue weighted by Gasteiger charge is 2.41. The van der Waals surface area contributed by atoms with Gasteiger partial charge in [-0.25, -0.2) is 4.39 Å². The number of hydrogen-bond donors (Lipinski definition) is 2. The quantitative estimate of drug-likeness (QED) is 0.587. The van der Waals surface area contributed by atoms with Gasteiger partial charge in [0.2, 0.25) is 0 Å². The average Bonchev–Trinajstić information content (AvgIpc) is 3.16. The summed E-state index contributed by atoms with van der Waals surface area (Å²) >= 11 is 6.00. The number of aliphatic hydroxyl groups excluding tert-OH is 1. The second-order valence-corrected chi connectivity index (χ2v) is 7.38. The zero-order valence-corrected chi connectivity index (χ0v) is 16.0. The molecule has 2 aromatic heterocycles. The summed E-state index contributed by atoms with van der Waals surface area (Å²) in [6.45, 7) is 1.43. The van der Waals surface area contributed by atoms with Gasteiger partial charge in [-0.3, -0.25) is 4.68 Å². The fraction of sp³-hybridized carbons (Fsp3) is 0.333. The molecule has 0 amide bonds. The van der Waals surface area contributed by atoms with Gasteiger partial charge in [-0.2, -0.15) is 18.3 Å². The van der Waals surface area contributed by atoms with Crippen molar-refractivity contribution in [1.29, 1.82) is 0 Å². The molecule has 0 radical (unpaired) electrons. The van der Waals surface area contributed by atoms with E-state index in [2.05, 4.69) is 10.3 Å². The Kier molecular flexibility index (Phi) is 5.46. The van der Waals surface area contributed by atoms with Gasteiger partial charge in [-0.15, -0.1) is 0 Å². The van der Waals surface area contributed by atoms with E-state index in [9.17, 15) is 27.8 Å². The topological polar surface area (TPSA) is 84.3 Å². The SMILES string of the molecule is CC(C)(O)Cn1ncc(-c2onc(-c3c(F)cccc3Cl)c2CO)c1C(F)(F)F. The van der Waals surface area contributed by atoms with E-state index in [1.807, 2.05) is 0 Å². The Labute approximate surface area is 167 Å². The van der Waals surface area contributed by atoms with Gasteiger partial charge in [0.1, 0.15) is 11.5 Å². The molecule has 0 aliphatic rings. The van der Waals surface area contributed by atoms with Crippen molar-refractivity contribution in [3.8, 4) is 22.6 Å². The molecule has 0 atom stereocenters. The number of hydrogen-bond acceptors (Lipinski definition) is 5. The average molecular weight is 434 g/mol. The van der Waals surface area contributed by atoms with Crippen LogP contribution in [-0.4, -0.2) is 30.8 Å². The third-order valence-corrected chi connectivity index (χ3v) is 4.35. The van der Waals surface area contributed by atoms with Gasteiger partial charge in [-0.1, -0.05) is 22.8 Å². The first-order chi connectivity index (χ1) is 13.4. The van der Waals surface area contributed by atoms with Gasteiger partial charge in [-0.05, 0) is 26.0 Å². The van der Waals surface area contributed by atoms with E-state index < -0.39 is 47.8 Å². The van der Waals surface area contributed by atoms with Crippen molar-refractivity contribution < 1.29 is 32.3 Å². The second-order valence-electron chi connectivity index (χ2n) is 6.97. The number of alkyl halides is 3. The van der Waals surface area contributed by atoms with Gasteiger partial charge >= 0.3 is 6.18 Å². The standard InChI is InChI=1S/C18H16ClF4N3O3/c1-17(2,28)8-26-16(18(21,22)23)9(6-24-26)15-10(7-27)14(25-29-15)13-11(19)4-3-5-12(13)20/h3-6,27-28H,7-8H2,1-2H3. The van der Waals surface area contributed by atoms with Crippen LogP contribution in [0.1, 0.15) is 25.1 Å². The normalized spacial score (nSPS) is 12.6. The van der Waals surface area contributed by atoms with Gasteiger partial charge < -0.3 is 14.7 Å². The maximum Gasteiger partial charge on any atom is 0.433 e. The lowest BCUT2D eigenvalue weighted by Crippen LogP contribution is -2.29. The minimum Gasteiger partial charge on any atom is -0.391 e. The van der Waals surface area contributed by atoms with E-state index >= 15 is 0 Å². The molecular formula is C18H16ClF4N3O3. The molecule has 3 rings (SSSR count). The minimum absolute atomic E-state index is 0.0479. The molecule has 0 fully saturated rings. The summed E-state index contributed by atoms with van der Waals surface area (Å²) in [5, 5.41) is 27.0. The molecule has 0 spiro atoms. The van der Waals surface area contributed by atoms with Crippen LogP contribution >= 0.6 is 11.6 Å². The van der Waals surface area contributed by atoms with Gasteiger partial charge in [0.15, 0.2) is 11.5 Å². The fourth-order valence-electron chi connectivity index (χ4n) is 2.92. The van der Waals surface area contributed by atoms with E-state index in [0.717, 1.165) is 12.3 Å². The molecule has 2 N–H and O–H groups in total. The predicted molar refractivity (Wildman–Crippen MR) is 95.4 cm³/mol. The summed E-state index contributed by atoms with van der Waals surface area (Å²) in [7, 11) is 0. The molecule has 6 nitrogen and oxygen atoms in total. The van der Waals surface area contributed by atoms with Crippen LogP contribution < -0.4 is 0 Å². The molecule has 0 bridgehead atoms. The van der Waals surface area contributed by atoms with Crippen molar-refractivity contribution in [2.45, 2.75) is 38.8 Å². The monoisotopic (exact) mass is 433 g/mol. The highest BCUT2D eigenvalue weighted by atomic mass is 35.5. The summed E-state index contributed by atoms with van der Waals surface area (Å²) < 4.78 is 61.2. The van der Waals surface area contributed by atoms with Crippen LogP contribution in [0.4, 0.5) is 17.6 Å². The van der Waals surface area contributed by atoms with E-state index in [4.69, 9.17) is 16.1 Å². The van der Waals surface area contributed by atoms with E-state index in [0.29, 0.717) is 4.68 Å². The maximum absolute atomic E-state index is 14.3. The fourth-order valence-corrected chi connectivity index (χ4v) is 3.18. The Morgan fingerprint density at radius 1 is 1.24 bits per heavy atom. The lowest BCUT2D eigenvalue weighted by Gasteiger charge is -2.20. The summed E-state index contributed by atoms with van der Waals surface area (Å²) in [4.78, 5) is 0. The summed E-state index contributed by atoms with van der Waals surface area (Å²) in [6.07, 6.45) is -3.96. The molecule has 0 saturated carbocycles. The summed E-state index contributed by atoms with van der Waals surface area (Å²) in [5.74, 6) is -1.20. The summed E-state index contributed by atoms with van der Waals surface area (Å²) in [6, 6.07) is 3.82. The molecule has 0 unspecified atom stereocenters. The van der Waals surface area contributed by atoms with Crippen molar-refractivity contribution in [3.05, 3.63) is 46.5 Å². The minimum atomic E-state index is -4.85. The first-order valence-electron chi connectivity index (χ1n) is 8.33. The number of rotatable bonds is 5. The van der Waals surface area contributed by atoms with Crippen molar-refractivity contribution in [2.75, 3.05) is 0 Å². The van der Waals surface area contributed by atoms with Crippen LogP contribution in [0.15, 0.2) is 28.9 Å². The number of aromatic nitrogens is 3. The van der Waals surface area contributed by atoms with Crippen LogP contribution in [0, 0.1) is 5.82 Å². The Morgan fingerprint density at radius 3 is 2.48 bits per heavy atom. The second kappa shape index (κ2) is 7.43. The zero-order valence-electron chi connectivity index (χ0n) is 15.3. The lowest BCUT2D eigenvalue weighted by molar-refractivity contribution is -0.144. The molecule has 2 heterocycles. The predicted octanol–water partition coefficient (Wildman–Crippen LogP) is 4.28. The molecule has 156 valence electrons. The third kappa shape index (κ3) is 4.14. The van der Waals surface area contributed by atoms with Crippen molar-refractivity contribution in [2.24, 2.45) is 0 Å². The zero-order chi connectivity index (χ0) is 21.6. The van der Waals surface area contributed by atoms with E-state index in [1.54, 1.807) is 0 Å². The number of aliphatic hydroxyl groups is 2. The first kappa shape index (κ1) is 21.3. The number of nitrogens with zero attached hydrogens (tertiary/aromatic N) is 3. The molecule has 0 saturated heterocycles. The van der Waals surface area contributed by atoms with E-state index in [1.165, 1.54) is 26.0 Å². The highest BCUT2D eigenvalue weighted by Crippen LogP contribution is 2.42. The van der Waals surface area contributed by atoms with Crippen LogP contribution in [0.25, 0.3) is 22.6 Å². The molecule has 0 aliphatic heterocycles. The molecule has 11 heteroatoms. The van der Waals surface area contributed by atoms with Gasteiger partial charge in [0.05, 0.1) is 46.7 Å². The molecule has 3 aromatic rings. The van der Waals surface area contributed by atoms with Crippen LogP contribution in [0.2, 0.25) is 5.02 Å². The lowest BCUT2D eigenvalue weighted by atomic mass is 10.0. The van der Waals surface area contributed by atoms with Crippen molar-refractivity contribution in [3.63, 3.8) is 0 Å². The van der Waals surface area contributed by atoms with Crippen molar-refractivity contribution in [1.82, 2.24) is 14.9 Å². The van der Waals surface area contributed by atoms with Crippen LogP contribution in [0.5, 0.6) is 0 Å². The third-order valence-electron chi connectivity index (χ3n) is 4.04. The maximum atomic E-state index is 14.3. The molecular weight excluding hydrogens is 418 g/mol. The molecule has 1 aromatic carbocycles. The highest BCUT2D eigenvalue weighted by molar-refractivity contribution is 6.33. The number of benzene rings is 1. The van der Waals surface area contributed by atoms with Crippen LogP contribution in [0.3, 0.4) is 0 Å². The summed E-state index contributed by atoms with van der Waals surface area (Å²) in [5.41, 5.74) is -3.77. The Bertz CT molecular complexity index is 1020.